The fourth-order valence-corrected chi connectivity index (χ4v) is 3.82. The summed E-state index contributed by atoms with van der Waals surface area (Å²) < 4.78 is 22.4. The maximum absolute atomic E-state index is 12.1. The highest BCUT2D eigenvalue weighted by atomic mass is 32.2. The van der Waals surface area contributed by atoms with E-state index in [4.69, 9.17) is 5.73 Å². The van der Waals surface area contributed by atoms with Gasteiger partial charge in [-0.3, -0.25) is 9.69 Å². The van der Waals surface area contributed by atoms with Crippen molar-refractivity contribution in [1.82, 2.24) is 10.2 Å². The van der Waals surface area contributed by atoms with Gasteiger partial charge in [-0.15, -0.1) is 0 Å². The van der Waals surface area contributed by atoms with E-state index >= 15 is 0 Å². The van der Waals surface area contributed by atoms with Crippen molar-refractivity contribution in [3.05, 3.63) is 35.9 Å². The van der Waals surface area contributed by atoms with Crippen molar-refractivity contribution in [2.45, 2.75) is 44.3 Å². The van der Waals surface area contributed by atoms with Gasteiger partial charge >= 0.3 is 0 Å². The summed E-state index contributed by atoms with van der Waals surface area (Å²) >= 11 is 0. The summed E-state index contributed by atoms with van der Waals surface area (Å²) in [5.41, 5.74) is 7.08. The number of hydrogen-bond acceptors (Lipinski definition) is 5. The highest BCUT2D eigenvalue weighted by Gasteiger charge is 2.24. The first-order valence-corrected chi connectivity index (χ1v) is 10.9. The van der Waals surface area contributed by atoms with Crippen molar-refractivity contribution in [1.29, 1.82) is 0 Å². The molecule has 6 nitrogen and oxygen atoms in total. The quantitative estimate of drug-likeness (QED) is 0.713. The molecule has 1 aromatic rings. The largest absolute Gasteiger partial charge is 0.353 e. The Kier molecular flexibility index (Phi) is 7.40. The zero-order valence-electron chi connectivity index (χ0n) is 14.9. The summed E-state index contributed by atoms with van der Waals surface area (Å²) in [6.45, 7) is 2.45. The Bertz CT molecular complexity index is 649. The first-order chi connectivity index (χ1) is 11.8. The highest BCUT2D eigenvalue weighted by molar-refractivity contribution is 7.90. The number of nitrogens with two attached hydrogens (primary N) is 1. The molecule has 2 atom stereocenters. The minimum Gasteiger partial charge on any atom is -0.353 e. The van der Waals surface area contributed by atoms with Crippen LogP contribution in [0.4, 0.5) is 0 Å². The van der Waals surface area contributed by atoms with E-state index in [0.29, 0.717) is 12.6 Å². The number of nitrogens with zero attached hydrogens (tertiary/aromatic N) is 1. The molecule has 1 aromatic carbocycles. The van der Waals surface area contributed by atoms with E-state index < -0.39 is 15.9 Å². The molecule has 0 radical (unpaired) electrons. The Morgan fingerprint density at radius 1 is 1.32 bits per heavy atom. The van der Waals surface area contributed by atoms with Crippen molar-refractivity contribution in [3.63, 3.8) is 0 Å². The van der Waals surface area contributed by atoms with Crippen LogP contribution in [0.5, 0.6) is 0 Å². The van der Waals surface area contributed by atoms with E-state index in [-0.39, 0.29) is 18.1 Å². The lowest BCUT2D eigenvalue weighted by Crippen LogP contribution is -2.49. The van der Waals surface area contributed by atoms with Gasteiger partial charge in [-0.05, 0) is 31.4 Å². The van der Waals surface area contributed by atoms with Gasteiger partial charge in [0.25, 0.3) is 0 Å². The van der Waals surface area contributed by atoms with Gasteiger partial charge in [0.1, 0.15) is 9.84 Å². The number of carbonyl (C=O) groups excluding carboxylic acids is 1. The molecule has 3 N–H and O–H groups in total. The predicted molar refractivity (Wildman–Crippen MR) is 99.8 cm³/mol. The topological polar surface area (TPSA) is 92.5 Å². The third-order valence-corrected chi connectivity index (χ3v) is 5.60. The summed E-state index contributed by atoms with van der Waals surface area (Å²) in [4.78, 5) is 14.5. The molecule has 0 aromatic heterocycles. The minimum absolute atomic E-state index is 0.0643. The molecule has 7 heteroatoms. The lowest BCUT2D eigenvalue weighted by Gasteiger charge is -2.36. The summed E-state index contributed by atoms with van der Waals surface area (Å²) in [6, 6.07) is 9.83. The summed E-state index contributed by atoms with van der Waals surface area (Å²) in [6.07, 6.45) is 4.69. The number of hydrogen-bond donors (Lipinski definition) is 2. The van der Waals surface area contributed by atoms with Crippen LogP contribution in [0, 0.1) is 0 Å². The normalized spacial score (nSPS) is 20.2. The lowest BCUT2D eigenvalue weighted by atomic mass is 10.0. The highest BCUT2D eigenvalue weighted by Crippen LogP contribution is 2.19. The van der Waals surface area contributed by atoms with Crippen LogP contribution in [0.2, 0.25) is 0 Å². The Hall–Kier alpha value is -1.44. The molecule has 1 amide bonds. The zero-order chi connectivity index (χ0) is 18.3. The lowest BCUT2D eigenvalue weighted by molar-refractivity contribution is -0.122. The molecule has 2 unspecified atom stereocenters. The molecule has 1 fully saturated rings. The van der Waals surface area contributed by atoms with E-state index in [9.17, 15) is 13.2 Å². The van der Waals surface area contributed by atoms with Crippen molar-refractivity contribution in [3.8, 4) is 0 Å². The third kappa shape index (κ3) is 7.13. The van der Waals surface area contributed by atoms with E-state index in [1.165, 1.54) is 12.0 Å². The molecule has 2 rings (SSSR count). The predicted octanol–water partition coefficient (Wildman–Crippen LogP) is 0.919. The fraction of sp³-hybridized carbons (Fsp3) is 0.611. The van der Waals surface area contributed by atoms with Crippen molar-refractivity contribution in [2.24, 2.45) is 5.73 Å². The molecule has 1 saturated heterocycles. The van der Waals surface area contributed by atoms with Crippen LogP contribution in [-0.2, 0) is 21.2 Å². The Morgan fingerprint density at radius 3 is 2.72 bits per heavy atom. The molecular formula is C18H29N3O3S. The van der Waals surface area contributed by atoms with Gasteiger partial charge in [0.05, 0.1) is 11.8 Å². The molecule has 1 heterocycles. The van der Waals surface area contributed by atoms with Crippen LogP contribution >= 0.6 is 0 Å². The van der Waals surface area contributed by atoms with Crippen LogP contribution in [0.25, 0.3) is 0 Å². The number of sulfone groups is 1. The molecule has 25 heavy (non-hydrogen) atoms. The monoisotopic (exact) mass is 367 g/mol. The summed E-state index contributed by atoms with van der Waals surface area (Å²) in [5, 5.41) is 2.90. The molecule has 0 saturated carbocycles. The van der Waals surface area contributed by atoms with Gasteiger partial charge in [-0.2, -0.15) is 0 Å². The Morgan fingerprint density at radius 2 is 2.04 bits per heavy atom. The van der Waals surface area contributed by atoms with Crippen LogP contribution in [-0.4, -0.2) is 56.4 Å². The van der Waals surface area contributed by atoms with Gasteiger partial charge in [0.15, 0.2) is 0 Å². The number of amides is 1. The summed E-state index contributed by atoms with van der Waals surface area (Å²) in [7, 11) is -3.10. The Labute approximate surface area is 150 Å². The molecule has 0 bridgehead atoms. The number of carbonyl (C=O) groups is 1. The standard InChI is InChI=1S/C18H29N3O3S/c1-25(23,24)12-10-17(19)18(22)20-13-16-9-5-6-11-21(16)14-15-7-3-2-4-8-15/h2-4,7-8,16-17H,5-6,9-14,19H2,1H3,(H,20,22). The minimum atomic E-state index is -3.10. The second kappa shape index (κ2) is 9.31. The number of benzene rings is 1. The van der Waals surface area contributed by atoms with Gasteiger partial charge in [-0.25, -0.2) is 8.42 Å². The third-order valence-electron chi connectivity index (χ3n) is 4.63. The van der Waals surface area contributed by atoms with E-state index in [2.05, 4.69) is 22.3 Å². The Balaban J connectivity index is 1.83. The van der Waals surface area contributed by atoms with Crippen molar-refractivity contribution >= 4 is 15.7 Å². The summed E-state index contributed by atoms with van der Waals surface area (Å²) in [5.74, 6) is -0.334. The van der Waals surface area contributed by atoms with E-state index in [1.54, 1.807) is 0 Å². The number of piperidine rings is 1. The fourth-order valence-electron chi connectivity index (χ4n) is 3.14. The average molecular weight is 368 g/mol. The molecule has 0 aliphatic carbocycles. The van der Waals surface area contributed by atoms with Gasteiger partial charge in [0, 0.05) is 25.4 Å². The van der Waals surface area contributed by atoms with Gasteiger partial charge in [-0.1, -0.05) is 36.8 Å². The van der Waals surface area contributed by atoms with E-state index in [0.717, 1.165) is 32.2 Å². The molecule has 140 valence electrons. The van der Waals surface area contributed by atoms with Crippen LogP contribution in [0.15, 0.2) is 30.3 Å². The first kappa shape index (κ1) is 19.9. The molecular weight excluding hydrogens is 338 g/mol. The van der Waals surface area contributed by atoms with Crippen LogP contribution < -0.4 is 11.1 Å². The molecule has 1 aliphatic heterocycles. The van der Waals surface area contributed by atoms with Crippen molar-refractivity contribution < 1.29 is 13.2 Å². The maximum Gasteiger partial charge on any atom is 0.237 e. The number of nitrogens with one attached hydrogen (secondary N) is 1. The second-order valence-electron chi connectivity index (χ2n) is 6.88. The van der Waals surface area contributed by atoms with Gasteiger partial charge < -0.3 is 11.1 Å². The molecule has 1 aliphatic rings. The van der Waals surface area contributed by atoms with Crippen molar-refractivity contribution in [2.75, 3.05) is 25.1 Å². The number of likely N-dealkylation sites (tertiary alicyclic amines) is 1. The SMILES string of the molecule is CS(=O)(=O)CCC(N)C(=O)NCC1CCCCN1Cc1ccccc1. The van der Waals surface area contributed by atoms with Crippen LogP contribution in [0.3, 0.4) is 0 Å². The van der Waals surface area contributed by atoms with E-state index in [1.807, 2.05) is 18.2 Å². The average Bonchev–Trinajstić information content (AvgIpc) is 2.59. The first-order valence-electron chi connectivity index (χ1n) is 8.84. The smallest absolute Gasteiger partial charge is 0.237 e. The molecule has 0 spiro atoms. The van der Waals surface area contributed by atoms with Gasteiger partial charge in [0.2, 0.25) is 5.91 Å². The maximum atomic E-state index is 12.1. The number of rotatable bonds is 8. The zero-order valence-corrected chi connectivity index (χ0v) is 15.7. The second-order valence-corrected chi connectivity index (χ2v) is 9.14. The van der Waals surface area contributed by atoms with Crippen LogP contribution in [0.1, 0.15) is 31.2 Å².